The van der Waals surface area contributed by atoms with Gasteiger partial charge in [0.05, 0.1) is 24.6 Å². The number of furan rings is 1. The highest BCUT2D eigenvalue weighted by Crippen LogP contribution is 2.27. The Morgan fingerprint density at radius 2 is 2.06 bits per heavy atom. The number of hydrogen-bond donors (Lipinski definition) is 3. The van der Waals surface area contributed by atoms with Gasteiger partial charge >= 0.3 is 6.03 Å². The summed E-state index contributed by atoms with van der Waals surface area (Å²) < 4.78 is 10.7. The van der Waals surface area contributed by atoms with Crippen molar-refractivity contribution in [3.63, 3.8) is 0 Å². The van der Waals surface area contributed by atoms with Gasteiger partial charge in [-0.1, -0.05) is 12.1 Å². The van der Waals surface area contributed by atoms with Gasteiger partial charge in [-0.3, -0.25) is 4.79 Å². The Balaban J connectivity index is 1.35. The SMILES string of the molecule is Cc1cc(C2=NC(=O)NC(c3ccc(OCC(=O)NCc4ccco4)cc3)C2)ccc1O. The lowest BCUT2D eigenvalue weighted by Crippen LogP contribution is -2.33. The van der Waals surface area contributed by atoms with Crippen LogP contribution in [0.4, 0.5) is 4.79 Å². The van der Waals surface area contributed by atoms with Crippen molar-refractivity contribution in [3.8, 4) is 11.5 Å². The Kier molecular flexibility index (Phi) is 6.21. The van der Waals surface area contributed by atoms with E-state index in [9.17, 15) is 14.7 Å². The van der Waals surface area contributed by atoms with Gasteiger partial charge in [-0.05, 0) is 66.1 Å². The highest BCUT2D eigenvalue weighted by molar-refractivity contribution is 6.08. The number of phenolic OH excluding ortho intramolecular Hbond substituents is 1. The summed E-state index contributed by atoms with van der Waals surface area (Å²) in [5.41, 5.74) is 3.09. The summed E-state index contributed by atoms with van der Waals surface area (Å²) >= 11 is 0. The number of aliphatic imine (C=N–C) groups is 1. The maximum atomic E-state index is 12.1. The number of amides is 3. The van der Waals surface area contributed by atoms with E-state index < -0.39 is 6.03 Å². The molecule has 0 aliphatic carbocycles. The molecule has 3 amide bonds. The number of carbonyl (C=O) groups excluding carboxylic acids is 2. The largest absolute Gasteiger partial charge is 0.508 e. The molecule has 3 aromatic rings. The van der Waals surface area contributed by atoms with Crippen molar-refractivity contribution in [2.24, 2.45) is 4.99 Å². The van der Waals surface area contributed by atoms with Crippen LogP contribution in [0, 0.1) is 6.92 Å². The molecule has 0 fully saturated rings. The molecule has 1 unspecified atom stereocenters. The van der Waals surface area contributed by atoms with Crippen LogP contribution in [0.3, 0.4) is 0 Å². The average molecular weight is 433 g/mol. The maximum Gasteiger partial charge on any atom is 0.341 e. The third-order valence-corrected chi connectivity index (χ3v) is 5.15. The Hall–Kier alpha value is -4.07. The second-order valence-corrected chi connectivity index (χ2v) is 7.48. The van der Waals surface area contributed by atoms with Crippen LogP contribution in [0.1, 0.15) is 34.9 Å². The van der Waals surface area contributed by atoms with E-state index >= 15 is 0 Å². The van der Waals surface area contributed by atoms with E-state index in [0.717, 1.165) is 16.7 Å². The van der Waals surface area contributed by atoms with E-state index in [0.29, 0.717) is 30.2 Å². The fraction of sp³-hybridized carbons (Fsp3) is 0.208. The van der Waals surface area contributed by atoms with E-state index in [2.05, 4.69) is 15.6 Å². The van der Waals surface area contributed by atoms with Crippen LogP contribution in [-0.4, -0.2) is 29.4 Å². The first kappa shape index (κ1) is 21.2. The fourth-order valence-corrected chi connectivity index (χ4v) is 3.41. The normalized spacial score (nSPS) is 15.6. The summed E-state index contributed by atoms with van der Waals surface area (Å²) in [7, 11) is 0. The van der Waals surface area contributed by atoms with Crippen molar-refractivity contribution < 1.29 is 23.8 Å². The summed E-state index contributed by atoms with van der Waals surface area (Å²) in [6, 6.07) is 15.3. The molecule has 3 N–H and O–H groups in total. The van der Waals surface area contributed by atoms with E-state index in [1.807, 2.05) is 18.2 Å². The van der Waals surface area contributed by atoms with Crippen molar-refractivity contribution in [2.75, 3.05) is 6.61 Å². The molecule has 8 heteroatoms. The number of aromatic hydroxyl groups is 1. The number of phenols is 1. The molecule has 1 atom stereocenters. The molecule has 0 saturated heterocycles. The molecular weight excluding hydrogens is 410 g/mol. The van der Waals surface area contributed by atoms with Gasteiger partial charge in [-0.25, -0.2) is 4.79 Å². The minimum atomic E-state index is -0.407. The first-order valence-electron chi connectivity index (χ1n) is 10.2. The lowest BCUT2D eigenvalue weighted by molar-refractivity contribution is -0.123. The molecule has 4 rings (SSSR count). The van der Waals surface area contributed by atoms with Crippen molar-refractivity contribution in [1.29, 1.82) is 0 Å². The summed E-state index contributed by atoms with van der Waals surface area (Å²) in [4.78, 5) is 28.2. The number of urea groups is 1. The predicted molar refractivity (Wildman–Crippen MR) is 118 cm³/mol. The first-order valence-corrected chi connectivity index (χ1v) is 10.2. The molecule has 2 aromatic carbocycles. The van der Waals surface area contributed by atoms with E-state index in [1.165, 1.54) is 0 Å². The van der Waals surface area contributed by atoms with E-state index in [-0.39, 0.29) is 24.3 Å². The van der Waals surface area contributed by atoms with Crippen molar-refractivity contribution in [3.05, 3.63) is 83.3 Å². The van der Waals surface area contributed by atoms with Gasteiger partial charge in [0.15, 0.2) is 6.61 Å². The van der Waals surface area contributed by atoms with Gasteiger partial charge in [0, 0.05) is 6.42 Å². The van der Waals surface area contributed by atoms with Crippen LogP contribution < -0.4 is 15.4 Å². The van der Waals surface area contributed by atoms with Gasteiger partial charge in [0.2, 0.25) is 0 Å². The van der Waals surface area contributed by atoms with Gasteiger partial charge in [-0.2, -0.15) is 4.99 Å². The zero-order chi connectivity index (χ0) is 22.5. The molecule has 8 nitrogen and oxygen atoms in total. The maximum absolute atomic E-state index is 12.1. The quantitative estimate of drug-likeness (QED) is 0.527. The molecule has 0 bridgehead atoms. The molecular formula is C24H23N3O5. The molecule has 1 aliphatic heterocycles. The average Bonchev–Trinajstić information content (AvgIpc) is 3.32. The predicted octanol–water partition coefficient (Wildman–Crippen LogP) is 3.63. The standard InChI is InChI=1S/C24H23N3O5/c1-15-11-17(6-9-22(15)28)21-12-20(26-24(30)27-21)16-4-7-18(8-5-16)32-14-23(29)25-13-19-3-2-10-31-19/h2-11,20,28H,12-14H2,1H3,(H,25,29)(H,26,30). The molecule has 2 heterocycles. The number of ether oxygens (including phenoxy) is 1. The number of nitrogens with zero attached hydrogens (tertiary/aromatic N) is 1. The number of benzene rings is 2. The monoisotopic (exact) mass is 433 g/mol. The zero-order valence-corrected chi connectivity index (χ0v) is 17.5. The van der Waals surface area contributed by atoms with E-state index in [1.54, 1.807) is 49.6 Å². The molecule has 164 valence electrons. The third-order valence-electron chi connectivity index (χ3n) is 5.15. The van der Waals surface area contributed by atoms with Gasteiger partial charge in [0.1, 0.15) is 17.3 Å². The van der Waals surface area contributed by atoms with Crippen LogP contribution in [0.5, 0.6) is 11.5 Å². The Morgan fingerprint density at radius 1 is 1.25 bits per heavy atom. The second kappa shape index (κ2) is 9.38. The minimum absolute atomic E-state index is 0.114. The van der Waals surface area contributed by atoms with E-state index in [4.69, 9.17) is 9.15 Å². The van der Waals surface area contributed by atoms with Gasteiger partial charge < -0.3 is 24.9 Å². The Morgan fingerprint density at radius 3 is 2.78 bits per heavy atom. The van der Waals surface area contributed by atoms with Crippen molar-refractivity contribution in [1.82, 2.24) is 10.6 Å². The Bertz CT molecular complexity index is 1140. The van der Waals surface area contributed by atoms with Crippen molar-refractivity contribution >= 4 is 17.6 Å². The molecule has 1 aliphatic rings. The van der Waals surface area contributed by atoms with Crippen LogP contribution in [0.25, 0.3) is 0 Å². The molecule has 0 saturated carbocycles. The highest BCUT2D eigenvalue weighted by Gasteiger charge is 2.23. The van der Waals surface area contributed by atoms with Crippen LogP contribution >= 0.6 is 0 Å². The number of aryl methyl sites for hydroxylation is 1. The highest BCUT2D eigenvalue weighted by atomic mass is 16.5. The number of rotatable bonds is 7. The second-order valence-electron chi connectivity index (χ2n) is 7.48. The van der Waals surface area contributed by atoms with Crippen LogP contribution in [-0.2, 0) is 11.3 Å². The molecule has 0 spiro atoms. The topological polar surface area (TPSA) is 113 Å². The number of carbonyl (C=O) groups is 2. The molecule has 1 aromatic heterocycles. The lowest BCUT2D eigenvalue weighted by Gasteiger charge is -2.24. The van der Waals surface area contributed by atoms with Crippen LogP contribution in [0.15, 0.2) is 70.3 Å². The molecule has 0 radical (unpaired) electrons. The molecule has 32 heavy (non-hydrogen) atoms. The Labute approximate surface area is 184 Å². The summed E-state index contributed by atoms with van der Waals surface area (Å²) in [6.45, 7) is 1.99. The fourth-order valence-electron chi connectivity index (χ4n) is 3.41. The van der Waals surface area contributed by atoms with Gasteiger partial charge in [-0.15, -0.1) is 0 Å². The zero-order valence-electron chi connectivity index (χ0n) is 17.5. The first-order chi connectivity index (χ1) is 15.5. The summed E-state index contributed by atoms with van der Waals surface area (Å²) in [5.74, 6) is 1.17. The smallest absolute Gasteiger partial charge is 0.341 e. The third kappa shape index (κ3) is 5.15. The summed E-state index contributed by atoms with van der Waals surface area (Å²) in [6.07, 6.45) is 2.07. The lowest BCUT2D eigenvalue weighted by atomic mass is 9.95. The van der Waals surface area contributed by atoms with Crippen molar-refractivity contribution in [2.45, 2.75) is 25.9 Å². The number of hydrogen-bond acceptors (Lipinski definition) is 5. The summed E-state index contributed by atoms with van der Waals surface area (Å²) in [5, 5.41) is 15.3. The number of nitrogens with one attached hydrogen (secondary N) is 2. The minimum Gasteiger partial charge on any atom is -0.508 e. The van der Waals surface area contributed by atoms with Crippen LogP contribution in [0.2, 0.25) is 0 Å². The van der Waals surface area contributed by atoms with Gasteiger partial charge in [0.25, 0.3) is 5.91 Å².